The number of phenols is 1. The summed E-state index contributed by atoms with van der Waals surface area (Å²) in [5, 5.41) is 9.07. The van der Waals surface area contributed by atoms with Crippen LogP contribution in [0.2, 0.25) is 0 Å². The molecule has 2 unspecified atom stereocenters. The van der Waals surface area contributed by atoms with Gasteiger partial charge in [0.2, 0.25) is 0 Å². The van der Waals surface area contributed by atoms with Crippen molar-refractivity contribution in [2.75, 3.05) is 0 Å². The van der Waals surface area contributed by atoms with E-state index in [2.05, 4.69) is 0 Å². The largest absolute Gasteiger partial charge is 0.508 e. The maximum absolute atomic E-state index is 11.0. The molecular formula is C10H11NO3. The third-order valence-electron chi connectivity index (χ3n) is 2.29. The Morgan fingerprint density at radius 3 is 2.50 bits per heavy atom. The number of cyclic esters (lactones) is 1. The highest BCUT2D eigenvalue weighted by Gasteiger charge is 2.32. The molecule has 1 fully saturated rings. The summed E-state index contributed by atoms with van der Waals surface area (Å²) < 4.78 is 5.05. The Bertz CT molecular complexity index is 347. The number of hydrogen-bond donors (Lipinski definition) is 2. The minimum Gasteiger partial charge on any atom is -0.508 e. The van der Waals surface area contributed by atoms with Crippen molar-refractivity contribution in [1.29, 1.82) is 0 Å². The first-order valence-corrected chi connectivity index (χ1v) is 4.42. The van der Waals surface area contributed by atoms with Crippen LogP contribution >= 0.6 is 0 Å². The lowest BCUT2D eigenvalue weighted by molar-refractivity contribution is -0.142. The summed E-state index contributed by atoms with van der Waals surface area (Å²) in [7, 11) is 0. The third-order valence-corrected chi connectivity index (χ3v) is 2.29. The minimum absolute atomic E-state index is 0.197. The van der Waals surface area contributed by atoms with Gasteiger partial charge in [0, 0.05) is 6.42 Å². The van der Waals surface area contributed by atoms with Crippen molar-refractivity contribution in [1.82, 2.24) is 0 Å². The van der Waals surface area contributed by atoms with E-state index in [1.54, 1.807) is 24.3 Å². The van der Waals surface area contributed by atoms with E-state index in [1.165, 1.54) is 0 Å². The smallest absolute Gasteiger partial charge is 0.323 e. The van der Waals surface area contributed by atoms with Crippen LogP contribution in [0.1, 0.15) is 18.1 Å². The first kappa shape index (κ1) is 9.02. The maximum Gasteiger partial charge on any atom is 0.323 e. The number of phenolic OH excluding ortho intramolecular Hbond substituents is 1. The van der Waals surface area contributed by atoms with Crippen LogP contribution in [0.5, 0.6) is 5.75 Å². The monoisotopic (exact) mass is 193 g/mol. The summed E-state index contributed by atoms with van der Waals surface area (Å²) in [6.07, 6.45) is 0.238. The van der Waals surface area contributed by atoms with Crippen LogP contribution in [0, 0.1) is 0 Å². The SMILES string of the molecule is NC1CC(c2ccc(O)cc2)OC1=O. The van der Waals surface area contributed by atoms with E-state index < -0.39 is 6.04 Å². The van der Waals surface area contributed by atoms with E-state index in [9.17, 15) is 4.79 Å². The Balaban J connectivity index is 2.17. The van der Waals surface area contributed by atoms with Gasteiger partial charge >= 0.3 is 5.97 Å². The number of carbonyl (C=O) groups excluding carboxylic acids is 1. The zero-order chi connectivity index (χ0) is 10.1. The van der Waals surface area contributed by atoms with Gasteiger partial charge in [0.25, 0.3) is 0 Å². The topological polar surface area (TPSA) is 72.6 Å². The Kier molecular flexibility index (Phi) is 2.13. The highest BCUT2D eigenvalue weighted by atomic mass is 16.6. The molecule has 4 heteroatoms. The van der Waals surface area contributed by atoms with Crippen LogP contribution in [-0.2, 0) is 9.53 Å². The first-order valence-electron chi connectivity index (χ1n) is 4.42. The van der Waals surface area contributed by atoms with Crippen molar-refractivity contribution in [2.24, 2.45) is 5.73 Å². The number of aromatic hydroxyl groups is 1. The molecule has 2 rings (SSSR count). The van der Waals surface area contributed by atoms with Gasteiger partial charge in [-0.05, 0) is 17.7 Å². The number of carbonyl (C=O) groups is 1. The lowest BCUT2D eigenvalue weighted by Gasteiger charge is -2.08. The van der Waals surface area contributed by atoms with Crippen LogP contribution in [0.3, 0.4) is 0 Å². The molecule has 2 atom stereocenters. The number of rotatable bonds is 1. The van der Waals surface area contributed by atoms with Crippen molar-refractivity contribution >= 4 is 5.97 Å². The molecule has 0 spiro atoms. The Morgan fingerprint density at radius 1 is 1.36 bits per heavy atom. The van der Waals surface area contributed by atoms with Gasteiger partial charge in [0.15, 0.2) is 0 Å². The van der Waals surface area contributed by atoms with E-state index >= 15 is 0 Å². The quantitative estimate of drug-likeness (QED) is 0.644. The molecule has 0 amide bonds. The Labute approximate surface area is 81.3 Å². The van der Waals surface area contributed by atoms with Crippen LogP contribution in [0.15, 0.2) is 24.3 Å². The lowest BCUT2D eigenvalue weighted by atomic mass is 10.1. The molecule has 1 aliphatic rings. The molecule has 0 radical (unpaired) electrons. The van der Waals surface area contributed by atoms with Crippen LogP contribution in [-0.4, -0.2) is 17.1 Å². The number of benzene rings is 1. The van der Waals surface area contributed by atoms with Gasteiger partial charge in [-0.25, -0.2) is 0 Å². The Hall–Kier alpha value is -1.55. The molecule has 14 heavy (non-hydrogen) atoms. The summed E-state index contributed by atoms with van der Waals surface area (Å²) in [5.41, 5.74) is 6.38. The van der Waals surface area contributed by atoms with Gasteiger partial charge in [-0.2, -0.15) is 0 Å². The van der Waals surface area contributed by atoms with Crippen molar-refractivity contribution in [3.8, 4) is 5.75 Å². The molecule has 1 aliphatic heterocycles. The molecule has 1 aromatic carbocycles. The average Bonchev–Trinajstić information content (AvgIpc) is 2.48. The van der Waals surface area contributed by atoms with Crippen LogP contribution in [0.25, 0.3) is 0 Å². The van der Waals surface area contributed by atoms with Gasteiger partial charge < -0.3 is 15.6 Å². The van der Waals surface area contributed by atoms with Gasteiger partial charge in [0.05, 0.1) is 0 Å². The molecular weight excluding hydrogens is 182 g/mol. The van der Waals surface area contributed by atoms with E-state index in [0.717, 1.165) is 5.56 Å². The predicted molar refractivity (Wildman–Crippen MR) is 49.5 cm³/mol. The van der Waals surface area contributed by atoms with E-state index in [0.29, 0.717) is 6.42 Å². The molecule has 0 saturated carbocycles. The predicted octanol–water partition coefficient (Wildman–Crippen LogP) is 0.707. The van der Waals surface area contributed by atoms with Gasteiger partial charge in [-0.3, -0.25) is 4.79 Å². The fourth-order valence-corrected chi connectivity index (χ4v) is 1.50. The molecule has 3 N–H and O–H groups in total. The van der Waals surface area contributed by atoms with E-state index in [1.807, 2.05) is 0 Å². The number of nitrogens with two attached hydrogens (primary N) is 1. The molecule has 4 nitrogen and oxygen atoms in total. The third kappa shape index (κ3) is 1.56. The second-order valence-electron chi connectivity index (χ2n) is 3.36. The summed E-state index contributed by atoms with van der Waals surface area (Å²) in [6.45, 7) is 0. The normalized spacial score (nSPS) is 26.2. The molecule has 1 heterocycles. The number of esters is 1. The van der Waals surface area contributed by atoms with Crippen molar-refractivity contribution in [3.63, 3.8) is 0 Å². The van der Waals surface area contributed by atoms with Crippen molar-refractivity contribution < 1.29 is 14.6 Å². The highest BCUT2D eigenvalue weighted by Crippen LogP contribution is 2.29. The molecule has 1 aromatic rings. The number of hydrogen-bond acceptors (Lipinski definition) is 4. The minimum atomic E-state index is -0.520. The van der Waals surface area contributed by atoms with E-state index in [-0.39, 0.29) is 17.8 Å². The Morgan fingerprint density at radius 2 is 2.00 bits per heavy atom. The summed E-state index contributed by atoms with van der Waals surface area (Å²) in [6, 6.07) is 6.06. The van der Waals surface area contributed by atoms with Crippen molar-refractivity contribution in [3.05, 3.63) is 29.8 Å². The van der Waals surface area contributed by atoms with Crippen LogP contribution in [0.4, 0.5) is 0 Å². The maximum atomic E-state index is 11.0. The fraction of sp³-hybridized carbons (Fsp3) is 0.300. The second-order valence-corrected chi connectivity index (χ2v) is 3.36. The van der Waals surface area contributed by atoms with Gasteiger partial charge in [-0.15, -0.1) is 0 Å². The summed E-state index contributed by atoms with van der Waals surface area (Å²) in [4.78, 5) is 11.0. The standard InChI is InChI=1S/C10H11NO3/c11-8-5-9(14-10(8)13)6-1-3-7(12)4-2-6/h1-4,8-9,12H,5,11H2. The number of ether oxygens (including phenoxy) is 1. The second kappa shape index (κ2) is 3.31. The van der Waals surface area contributed by atoms with Crippen LogP contribution < -0.4 is 5.73 Å². The molecule has 0 aromatic heterocycles. The molecule has 0 bridgehead atoms. The van der Waals surface area contributed by atoms with Crippen molar-refractivity contribution in [2.45, 2.75) is 18.6 Å². The summed E-state index contributed by atoms with van der Waals surface area (Å²) >= 11 is 0. The van der Waals surface area contributed by atoms with Gasteiger partial charge in [-0.1, -0.05) is 12.1 Å². The summed E-state index contributed by atoms with van der Waals surface area (Å²) in [5.74, 6) is -0.162. The molecule has 0 aliphatic carbocycles. The molecule has 74 valence electrons. The first-order chi connectivity index (χ1) is 6.66. The zero-order valence-electron chi connectivity index (χ0n) is 7.51. The van der Waals surface area contributed by atoms with E-state index in [4.69, 9.17) is 15.6 Å². The average molecular weight is 193 g/mol. The van der Waals surface area contributed by atoms with Gasteiger partial charge in [0.1, 0.15) is 17.9 Å². The highest BCUT2D eigenvalue weighted by molar-refractivity contribution is 5.77. The fourth-order valence-electron chi connectivity index (χ4n) is 1.50. The lowest BCUT2D eigenvalue weighted by Crippen LogP contribution is -2.24. The molecule has 1 saturated heterocycles. The zero-order valence-corrected chi connectivity index (χ0v) is 7.51.